The fourth-order valence-electron chi connectivity index (χ4n) is 3.11. The van der Waals surface area contributed by atoms with Gasteiger partial charge in [-0.25, -0.2) is 0 Å². The molecule has 0 radical (unpaired) electrons. The Balaban J connectivity index is 2.54. The zero-order chi connectivity index (χ0) is 21.3. The minimum absolute atomic E-state index is 0.0283. The predicted molar refractivity (Wildman–Crippen MR) is 104 cm³/mol. The highest BCUT2D eigenvalue weighted by Crippen LogP contribution is 2.51. The van der Waals surface area contributed by atoms with E-state index in [1.807, 2.05) is 0 Å². The van der Waals surface area contributed by atoms with E-state index in [0.29, 0.717) is 0 Å². The first-order valence-electron chi connectivity index (χ1n) is 8.37. The molecule has 154 valence electrons. The molecule has 2 N–H and O–H groups in total. The molecule has 1 heterocycles. The van der Waals surface area contributed by atoms with Gasteiger partial charge in [-0.2, -0.15) is 0 Å². The molecule has 0 saturated carbocycles. The Morgan fingerprint density at radius 3 is 1.93 bits per heavy atom. The van der Waals surface area contributed by atoms with Gasteiger partial charge in [-0.3, -0.25) is 4.79 Å². The van der Waals surface area contributed by atoms with Crippen molar-refractivity contribution < 1.29 is 38.3 Å². The standard InChI is InChI=1S/C20H20O9/c1-24-10-8-6-7-9(12(10)21)15-17(25-2)13(22)11-14(23)18(26-3)20(28-5)19(27-4)16(11)29-15/h6-8,21,23H,1-5H3. The van der Waals surface area contributed by atoms with Crippen molar-refractivity contribution >= 4 is 11.0 Å². The summed E-state index contributed by atoms with van der Waals surface area (Å²) < 4.78 is 32.1. The number of hydrogen-bond acceptors (Lipinski definition) is 9. The minimum Gasteiger partial charge on any atom is -0.504 e. The Hall–Kier alpha value is -3.75. The highest BCUT2D eigenvalue weighted by Gasteiger charge is 2.30. The molecule has 3 rings (SSSR count). The molecule has 2 aromatic carbocycles. The van der Waals surface area contributed by atoms with Crippen molar-refractivity contribution in [2.45, 2.75) is 0 Å². The number of benzene rings is 2. The molecule has 0 fully saturated rings. The topological polar surface area (TPSA) is 117 Å². The fraction of sp³-hybridized carbons (Fsp3) is 0.250. The third kappa shape index (κ3) is 2.91. The van der Waals surface area contributed by atoms with Crippen LogP contribution in [0.2, 0.25) is 0 Å². The zero-order valence-corrected chi connectivity index (χ0v) is 16.5. The lowest BCUT2D eigenvalue weighted by atomic mass is 10.1. The quantitative estimate of drug-likeness (QED) is 0.639. The molecule has 0 spiro atoms. The van der Waals surface area contributed by atoms with Crippen LogP contribution in [0.4, 0.5) is 0 Å². The fourth-order valence-corrected chi connectivity index (χ4v) is 3.11. The van der Waals surface area contributed by atoms with Crippen molar-refractivity contribution in [2.24, 2.45) is 0 Å². The van der Waals surface area contributed by atoms with E-state index in [4.69, 9.17) is 28.1 Å². The van der Waals surface area contributed by atoms with Gasteiger partial charge in [-0.05, 0) is 12.1 Å². The van der Waals surface area contributed by atoms with Gasteiger partial charge in [-0.1, -0.05) is 6.07 Å². The van der Waals surface area contributed by atoms with E-state index in [2.05, 4.69) is 0 Å². The molecule has 0 aliphatic carbocycles. The lowest BCUT2D eigenvalue weighted by Gasteiger charge is -2.17. The number of phenolic OH excluding ortho intramolecular Hbond substituents is 2. The van der Waals surface area contributed by atoms with Gasteiger partial charge in [-0.15, -0.1) is 0 Å². The van der Waals surface area contributed by atoms with Gasteiger partial charge < -0.3 is 38.3 Å². The summed E-state index contributed by atoms with van der Waals surface area (Å²) in [4.78, 5) is 13.2. The van der Waals surface area contributed by atoms with Gasteiger partial charge in [0, 0.05) is 0 Å². The molecule has 0 aliphatic heterocycles. The Labute approximate surface area is 165 Å². The summed E-state index contributed by atoms with van der Waals surface area (Å²) in [5, 5.41) is 20.9. The molecular formula is C20H20O9. The summed E-state index contributed by atoms with van der Waals surface area (Å²) in [5.41, 5.74) is -0.648. The molecule has 0 atom stereocenters. The summed E-state index contributed by atoms with van der Waals surface area (Å²) in [7, 11) is 6.67. The first kappa shape index (κ1) is 20.0. The zero-order valence-electron chi connectivity index (χ0n) is 16.5. The smallest absolute Gasteiger partial charge is 0.239 e. The normalized spacial score (nSPS) is 10.7. The number of methoxy groups -OCH3 is 5. The van der Waals surface area contributed by atoms with Gasteiger partial charge in [0.25, 0.3) is 0 Å². The van der Waals surface area contributed by atoms with Gasteiger partial charge in [0.15, 0.2) is 28.6 Å². The maximum atomic E-state index is 13.2. The average molecular weight is 404 g/mol. The highest BCUT2D eigenvalue weighted by molar-refractivity contribution is 5.96. The van der Waals surface area contributed by atoms with Crippen LogP contribution in [0.15, 0.2) is 27.4 Å². The Bertz CT molecular complexity index is 1130. The van der Waals surface area contributed by atoms with Crippen LogP contribution in [0.25, 0.3) is 22.3 Å². The number of phenols is 2. The van der Waals surface area contributed by atoms with Crippen LogP contribution in [0.1, 0.15) is 0 Å². The highest BCUT2D eigenvalue weighted by atomic mass is 16.5. The number of hydrogen-bond donors (Lipinski definition) is 2. The van der Waals surface area contributed by atoms with Crippen LogP contribution < -0.4 is 29.1 Å². The number of para-hydroxylation sites is 1. The number of rotatable bonds is 6. The minimum atomic E-state index is -0.692. The van der Waals surface area contributed by atoms with Crippen LogP contribution in [-0.4, -0.2) is 45.8 Å². The van der Waals surface area contributed by atoms with E-state index >= 15 is 0 Å². The van der Waals surface area contributed by atoms with Crippen LogP contribution in [0.5, 0.6) is 40.2 Å². The van der Waals surface area contributed by atoms with Crippen LogP contribution >= 0.6 is 0 Å². The predicted octanol–water partition coefficient (Wildman–Crippen LogP) is 2.91. The Morgan fingerprint density at radius 2 is 1.38 bits per heavy atom. The second-order valence-electron chi connectivity index (χ2n) is 5.80. The summed E-state index contributed by atoms with van der Waals surface area (Å²) in [6.07, 6.45) is 0. The van der Waals surface area contributed by atoms with Crippen molar-refractivity contribution in [3.8, 4) is 51.6 Å². The Morgan fingerprint density at radius 1 is 0.759 bits per heavy atom. The monoisotopic (exact) mass is 404 g/mol. The van der Waals surface area contributed by atoms with Gasteiger partial charge in [0.05, 0.1) is 41.1 Å². The summed E-state index contributed by atoms with van der Waals surface area (Å²) >= 11 is 0. The SMILES string of the molecule is COc1cccc(-c2oc3c(OC)c(OC)c(OC)c(O)c3c(=O)c2OC)c1O. The van der Waals surface area contributed by atoms with E-state index in [-0.39, 0.29) is 56.8 Å². The summed E-state index contributed by atoms with van der Waals surface area (Å²) in [6.45, 7) is 0. The molecule has 0 unspecified atom stereocenters. The van der Waals surface area contributed by atoms with Crippen molar-refractivity contribution in [2.75, 3.05) is 35.5 Å². The lowest BCUT2D eigenvalue weighted by molar-refractivity contribution is 0.310. The van der Waals surface area contributed by atoms with Crippen molar-refractivity contribution in [1.82, 2.24) is 0 Å². The molecule has 3 aromatic rings. The number of aromatic hydroxyl groups is 2. The van der Waals surface area contributed by atoms with Crippen molar-refractivity contribution in [3.05, 3.63) is 28.4 Å². The van der Waals surface area contributed by atoms with E-state index in [0.717, 1.165) is 0 Å². The summed E-state index contributed by atoms with van der Waals surface area (Å²) in [6, 6.07) is 4.68. The van der Waals surface area contributed by atoms with E-state index in [9.17, 15) is 15.0 Å². The second kappa shape index (κ2) is 7.70. The van der Waals surface area contributed by atoms with Gasteiger partial charge in [0.1, 0.15) is 5.39 Å². The van der Waals surface area contributed by atoms with Gasteiger partial charge >= 0.3 is 0 Å². The molecule has 0 amide bonds. The number of ether oxygens (including phenoxy) is 5. The second-order valence-corrected chi connectivity index (χ2v) is 5.80. The first-order chi connectivity index (χ1) is 13.9. The van der Waals surface area contributed by atoms with Crippen LogP contribution in [0, 0.1) is 0 Å². The largest absolute Gasteiger partial charge is 0.504 e. The van der Waals surface area contributed by atoms with Crippen molar-refractivity contribution in [3.63, 3.8) is 0 Å². The van der Waals surface area contributed by atoms with E-state index < -0.39 is 11.2 Å². The maximum absolute atomic E-state index is 13.2. The molecule has 9 heteroatoms. The van der Waals surface area contributed by atoms with Crippen LogP contribution in [0.3, 0.4) is 0 Å². The molecular weight excluding hydrogens is 384 g/mol. The van der Waals surface area contributed by atoms with Crippen LogP contribution in [-0.2, 0) is 0 Å². The first-order valence-corrected chi connectivity index (χ1v) is 8.37. The molecule has 9 nitrogen and oxygen atoms in total. The molecule has 29 heavy (non-hydrogen) atoms. The molecule has 1 aromatic heterocycles. The Kier molecular flexibility index (Phi) is 5.31. The lowest BCUT2D eigenvalue weighted by Crippen LogP contribution is -2.09. The maximum Gasteiger partial charge on any atom is 0.239 e. The summed E-state index contributed by atoms with van der Waals surface area (Å²) in [5.74, 6) is -0.905. The molecule has 0 aliphatic rings. The average Bonchev–Trinajstić information content (AvgIpc) is 2.73. The van der Waals surface area contributed by atoms with Gasteiger partial charge in [0.2, 0.25) is 28.4 Å². The molecule has 0 bridgehead atoms. The third-order valence-corrected chi connectivity index (χ3v) is 4.42. The van der Waals surface area contributed by atoms with E-state index in [1.165, 1.54) is 41.6 Å². The van der Waals surface area contributed by atoms with E-state index in [1.54, 1.807) is 12.1 Å². The van der Waals surface area contributed by atoms with Crippen molar-refractivity contribution in [1.29, 1.82) is 0 Å². The molecule has 0 saturated heterocycles. The third-order valence-electron chi connectivity index (χ3n) is 4.42. The number of fused-ring (bicyclic) bond motifs is 1.